The molecule has 0 bridgehead atoms. The molecule has 140 valence electrons. The Bertz CT molecular complexity index is 971. The number of nitrogens with one attached hydrogen (secondary N) is 1. The van der Waals surface area contributed by atoms with E-state index < -0.39 is 0 Å². The van der Waals surface area contributed by atoms with Crippen LogP contribution < -0.4 is 9.47 Å². The fraction of sp³-hybridized carbons (Fsp3) is 0.211. The van der Waals surface area contributed by atoms with Gasteiger partial charge in [-0.2, -0.15) is 14.9 Å². The molecule has 0 saturated heterocycles. The second-order valence-corrected chi connectivity index (χ2v) is 6.15. The van der Waals surface area contributed by atoms with Crippen molar-refractivity contribution in [1.29, 1.82) is 0 Å². The predicted molar refractivity (Wildman–Crippen MR) is 105 cm³/mol. The summed E-state index contributed by atoms with van der Waals surface area (Å²) in [5.74, 6) is 1.28. The smallest absolute Gasteiger partial charge is 0.216 e. The number of hydrogen-bond donors (Lipinski definition) is 2. The Morgan fingerprint density at radius 3 is 2.44 bits per heavy atom. The molecule has 7 nitrogen and oxygen atoms in total. The number of nitrogens with zero attached hydrogens (tertiary/aromatic N) is 3. The van der Waals surface area contributed by atoms with Crippen LogP contribution in [0.1, 0.15) is 17.0 Å². The highest BCUT2D eigenvalue weighted by molar-refractivity contribution is 7.71. The minimum atomic E-state index is -0.0550. The van der Waals surface area contributed by atoms with Gasteiger partial charge >= 0.3 is 0 Å². The third kappa shape index (κ3) is 4.35. The van der Waals surface area contributed by atoms with Crippen molar-refractivity contribution in [3.8, 4) is 17.2 Å². The van der Waals surface area contributed by atoms with Gasteiger partial charge in [0.05, 0.1) is 20.4 Å². The van der Waals surface area contributed by atoms with Gasteiger partial charge in [0.25, 0.3) is 0 Å². The number of aromatic nitrogens is 3. The number of rotatable bonds is 7. The number of H-pyrrole nitrogens is 1. The lowest BCUT2D eigenvalue weighted by atomic mass is 10.1. The lowest BCUT2D eigenvalue weighted by Crippen LogP contribution is -2.02. The molecule has 8 heteroatoms. The van der Waals surface area contributed by atoms with Gasteiger partial charge in [0.15, 0.2) is 17.3 Å². The number of aromatic hydroxyl groups is 1. The van der Waals surface area contributed by atoms with Crippen molar-refractivity contribution in [3.05, 3.63) is 64.2 Å². The summed E-state index contributed by atoms with van der Waals surface area (Å²) in [4.78, 5) is 0. The maximum absolute atomic E-state index is 10.0. The van der Waals surface area contributed by atoms with E-state index in [-0.39, 0.29) is 5.75 Å². The van der Waals surface area contributed by atoms with Crippen LogP contribution in [0, 0.1) is 4.77 Å². The molecule has 0 aliphatic heterocycles. The molecule has 3 aromatic rings. The van der Waals surface area contributed by atoms with Gasteiger partial charge in [0, 0.05) is 12.0 Å². The van der Waals surface area contributed by atoms with E-state index in [0.717, 1.165) is 12.2 Å². The molecule has 0 spiro atoms. The molecule has 0 amide bonds. The van der Waals surface area contributed by atoms with Crippen molar-refractivity contribution >= 4 is 18.4 Å². The summed E-state index contributed by atoms with van der Waals surface area (Å²) in [6, 6.07) is 13.5. The average Bonchev–Trinajstić information content (AvgIpc) is 3.05. The molecule has 3 rings (SSSR count). The molecule has 2 N–H and O–H groups in total. The summed E-state index contributed by atoms with van der Waals surface area (Å²) in [5, 5.41) is 21.5. The predicted octanol–water partition coefficient (Wildman–Crippen LogP) is 3.33. The molecular weight excluding hydrogens is 364 g/mol. The first kappa shape index (κ1) is 18.7. The van der Waals surface area contributed by atoms with Crippen LogP contribution >= 0.6 is 12.2 Å². The van der Waals surface area contributed by atoms with Gasteiger partial charge in [0.1, 0.15) is 0 Å². The van der Waals surface area contributed by atoms with Crippen LogP contribution in [0.5, 0.6) is 17.2 Å². The largest absolute Gasteiger partial charge is 0.502 e. The van der Waals surface area contributed by atoms with Gasteiger partial charge in [-0.05, 0) is 36.3 Å². The second kappa shape index (κ2) is 8.50. The highest BCUT2D eigenvalue weighted by atomic mass is 32.1. The Kier molecular flexibility index (Phi) is 5.87. The van der Waals surface area contributed by atoms with E-state index in [4.69, 9.17) is 21.7 Å². The number of aromatic amines is 1. The SMILES string of the molecule is COc1cc(/C=N\n2c(CCc3ccccc3)n[nH]c2=S)cc(OC)c1O. The topological polar surface area (TPSA) is 84.7 Å². The number of ether oxygens (including phenoxy) is 2. The van der Waals surface area contributed by atoms with Crippen LogP contribution in [0.25, 0.3) is 0 Å². The standard InChI is InChI=1S/C19H20N4O3S/c1-25-15-10-14(11-16(26-2)18(15)24)12-20-23-17(21-22-19(23)27)9-8-13-6-4-3-5-7-13/h3-7,10-12,24H,8-9H2,1-2H3,(H,22,27)/b20-12-. The lowest BCUT2D eigenvalue weighted by Gasteiger charge is -2.09. The van der Waals surface area contributed by atoms with Crippen LogP contribution in [0.15, 0.2) is 47.6 Å². The summed E-state index contributed by atoms with van der Waals surface area (Å²) >= 11 is 5.28. The minimum Gasteiger partial charge on any atom is -0.502 e. The number of methoxy groups -OCH3 is 2. The zero-order chi connectivity index (χ0) is 19.2. The fourth-order valence-corrected chi connectivity index (χ4v) is 2.82. The van der Waals surface area contributed by atoms with Gasteiger partial charge < -0.3 is 14.6 Å². The molecule has 1 heterocycles. The number of aryl methyl sites for hydroxylation is 2. The monoisotopic (exact) mass is 384 g/mol. The summed E-state index contributed by atoms with van der Waals surface area (Å²) < 4.78 is 12.3. The van der Waals surface area contributed by atoms with Crippen LogP contribution in [0.3, 0.4) is 0 Å². The van der Waals surface area contributed by atoms with Crippen molar-refractivity contribution in [2.45, 2.75) is 12.8 Å². The first-order valence-electron chi connectivity index (χ1n) is 8.32. The molecule has 27 heavy (non-hydrogen) atoms. The molecule has 1 aromatic heterocycles. The quantitative estimate of drug-likeness (QED) is 0.482. The van der Waals surface area contributed by atoms with Crippen molar-refractivity contribution in [2.24, 2.45) is 5.10 Å². The number of phenolic OH excluding ortho intramolecular Hbond substituents is 1. The Hall–Kier alpha value is -3.13. The molecule has 0 radical (unpaired) electrons. The third-order valence-electron chi connectivity index (χ3n) is 4.02. The van der Waals surface area contributed by atoms with Gasteiger partial charge in [-0.15, -0.1) is 0 Å². The molecule has 0 atom stereocenters. The minimum absolute atomic E-state index is 0.0550. The zero-order valence-electron chi connectivity index (χ0n) is 15.0. The Labute approximate surface area is 161 Å². The van der Waals surface area contributed by atoms with Gasteiger partial charge in [-0.3, -0.25) is 5.10 Å². The van der Waals surface area contributed by atoms with Crippen LogP contribution in [-0.4, -0.2) is 40.4 Å². The highest BCUT2D eigenvalue weighted by Gasteiger charge is 2.11. The van der Waals surface area contributed by atoms with E-state index in [2.05, 4.69) is 27.4 Å². The van der Waals surface area contributed by atoms with Gasteiger partial charge in [0.2, 0.25) is 10.5 Å². The van der Waals surface area contributed by atoms with E-state index in [9.17, 15) is 5.11 Å². The Morgan fingerprint density at radius 2 is 1.81 bits per heavy atom. The second-order valence-electron chi connectivity index (χ2n) is 5.76. The van der Waals surface area contributed by atoms with Gasteiger partial charge in [-0.1, -0.05) is 30.3 Å². The average molecular weight is 384 g/mol. The number of phenols is 1. The summed E-state index contributed by atoms with van der Waals surface area (Å²) in [5.41, 5.74) is 1.91. The fourth-order valence-electron chi connectivity index (χ4n) is 2.62. The molecular formula is C19H20N4O3S. The Balaban J connectivity index is 1.83. The molecule has 0 unspecified atom stereocenters. The highest BCUT2D eigenvalue weighted by Crippen LogP contribution is 2.36. The van der Waals surface area contributed by atoms with Gasteiger partial charge in [-0.25, -0.2) is 0 Å². The van der Waals surface area contributed by atoms with Crippen molar-refractivity contribution in [3.63, 3.8) is 0 Å². The van der Waals surface area contributed by atoms with Crippen LogP contribution in [0.2, 0.25) is 0 Å². The summed E-state index contributed by atoms with van der Waals surface area (Å²) in [6.45, 7) is 0. The normalized spacial score (nSPS) is 11.0. The van der Waals surface area contributed by atoms with Crippen molar-refractivity contribution < 1.29 is 14.6 Å². The van der Waals surface area contributed by atoms with Crippen molar-refractivity contribution in [2.75, 3.05) is 14.2 Å². The first-order chi connectivity index (χ1) is 13.1. The van der Waals surface area contributed by atoms with E-state index in [1.165, 1.54) is 19.8 Å². The van der Waals surface area contributed by atoms with Crippen LogP contribution in [-0.2, 0) is 12.8 Å². The molecule has 0 aliphatic rings. The summed E-state index contributed by atoms with van der Waals surface area (Å²) in [6.07, 6.45) is 3.13. The first-order valence-corrected chi connectivity index (χ1v) is 8.72. The van der Waals surface area contributed by atoms with E-state index >= 15 is 0 Å². The summed E-state index contributed by atoms with van der Waals surface area (Å²) in [7, 11) is 2.95. The number of hydrogen-bond acceptors (Lipinski definition) is 6. The Morgan fingerprint density at radius 1 is 1.15 bits per heavy atom. The van der Waals surface area contributed by atoms with E-state index in [0.29, 0.717) is 28.3 Å². The van der Waals surface area contributed by atoms with E-state index in [1.807, 2.05) is 18.2 Å². The van der Waals surface area contributed by atoms with Crippen molar-refractivity contribution in [1.82, 2.24) is 14.9 Å². The number of benzene rings is 2. The molecule has 2 aromatic carbocycles. The molecule has 0 saturated carbocycles. The van der Waals surface area contributed by atoms with Crippen LogP contribution in [0.4, 0.5) is 0 Å². The maximum atomic E-state index is 10.0. The third-order valence-corrected chi connectivity index (χ3v) is 4.29. The van der Waals surface area contributed by atoms with E-state index in [1.54, 1.807) is 23.0 Å². The maximum Gasteiger partial charge on any atom is 0.216 e. The zero-order valence-corrected chi connectivity index (χ0v) is 15.9. The molecule has 0 aliphatic carbocycles. The molecule has 0 fully saturated rings. The lowest BCUT2D eigenvalue weighted by molar-refractivity contribution is 0.340.